The van der Waals surface area contributed by atoms with Crippen LogP contribution in [0.4, 0.5) is 13.2 Å². The van der Waals surface area contributed by atoms with Crippen molar-refractivity contribution in [3.8, 4) is 0 Å². The van der Waals surface area contributed by atoms with Gasteiger partial charge in [-0.25, -0.2) is 0 Å². The van der Waals surface area contributed by atoms with Gasteiger partial charge in [-0.05, 0) is 18.4 Å². The van der Waals surface area contributed by atoms with E-state index >= 15 is 0 Å². The normalized spacial score (nSPS) is 27.2. The maximum atomic E-state index is 12.7. The van der Waals surface area contributed by atoms with Crippen LogP contribution in [0, 0.1) is 5.41 Å². The zero-order valence-electron chi connectivity index (χ0n) is 13.0. The van der Waals surface area contributed by atoms with Gasteiger partial charge < -0.3 is 9.64 Å². The number of piperidine rings is 1. The molecule has 2 unspecified atom stereocenters. The van der Waals surface area contributed by atoms with Gasteiger partial charge in [0.15, 0.2) is 0 Å². The lowest BCUT2D eigenvalue weighted by atomic mass is 9.60. The molecule has 1 aliphatic heterocycles. The first-order valence-corrected chi connectivity index (χ1v) is 7.88. The maximum Gasteiger partial charge on any atom is 0.471 e. The summed E-state index contributed by atoms with van der Waals surface area (Å²) >= 11 is 0. The molecule has 0 aromatic heterocycles. The number of carbonyl (C=O) groups is 2. The van der Waals surface area contributed by atoms with Crippen molar-refractivity contribution >= 4 is 11.7 Å². The molecular weight excluding hydrogens is 323 g/mol. The van der Waals surface area contributed by atoms with Crippen LogP contribution in [0.2, 0.25) is 0 Å². The number of rotatable bonds is 3. The number of nitrogens with zero attached hydrogens (tertiary/aromatic N) is 1. The number of benzene rings is 1. The summed E-state index contributed by atoms with van der Waals surface area (Å²) in [5, 5.41) is 0. The smallest absolute Gasteiger partial charge is 0.372 e. The summed E-state index contributed by atoms with van der Waals surface area (Å²) in [6, 6.07) is 9.37. The molecule has 24 heavy (non-hydrogen) atoms. The molecule has 1 aromatic rings. The van der Waals surface area contributed by atoms with Crippen molar-refractivity contribution in [1.29, 1.82) is 0 Å². The van der Waals surface area contributed by atoms with Gasteiger partial charge in [0.2, 0.25) is 0 Å². The highest BCUT2D eigenvalue weighted by Crippen LogP contribution is 2.47. The molecule has 3 rings (SSSR count). The summed E-state index contributed by atoms with van der Waals surface area (Å²) in [5.74, 6) is -1.98. The number of amides is 1. The highest BCUT2D eigenvalue weighted by molar-refractivity contribution is 5.93. The van der Waals surface area contributed by atoms with Crippen LogP contribution < -0.4 is 0 Å². The van der Waals surface area contributed by atoms with E-state index in [0.717, 1.165) is 10.5 Å². The van der Waals surface area contributed by atoms with Crippen molar-refractivity contribution in [3.63, 3.8) is 0 Å². The lowest BCUT2D eigenvalue weighted by molar-refractivity contribution is -0.197. The first-order chi connectivity index (χ1) is 11.3. The van der Waals surface area contributed by atoms with Gasteiger partial charge in [-0.2, -0.15) is 13.2 Å². The number of Topliss-reactive ketones (excluding diaryl/α,β-unsaturated/α-hetero) is 1. The van der Waals surface area contributed by atoms with E-state index in [4.69, 9.17) is 4.74 Å². The van der Waals surface area contributed by atoms with E-state index in [0.29, 0.717) is 19.4 Å². The van der Waals surface area contributed by atoms with Gasteiger partial charge in [-0.15, -0.1) is 0 Å². The van der Waals surface area contributed by atoms with E-state index in [1.165, 1.54) is 0 Å². The molecule has 2 atom stereocenters. The minimum Gasteiger partial charge on any atom is -0.372 e. The van der Waals surface area contributed by atoms with E-state index in [1.54, 1.807) is 0 Å². The van der Waals surface area contributed by atoms with Crippen LogP contribution in [0.3, 0.4) is 0 Å². The van der Waals surface area contributed by atoms with E-state index in [9.17, 15) is 22.8 Å². The number of alkyl halides is 3. The van der Waals surface area contributed by atoms with Gasteiger partial charge in [0, 0.05) is 19.5 Å². The molecule has 1 saturated heterocycles. The van der Waals surface area contributed by atoms with Crippen molar-refractivity contribution in [1.82, 2.24) is 4.90 Å². The van der Waals surface area contributed by atoms with E-state index < -0.39 is 23.6 Å². The molecular formula is C17H18F3NO3. The topological polar surface area (TPSA) is 46.6 Å². The van der Waals surface area contributed by atoms with Crippen LogP contribution >= 0.6 is 0 Å². The SMILES string of the molecule is O=C(N1CCCC2(C1)C(=O)CC2OCc1ccccc1)C(F)(F)F. The molecule has 7 heteroatoms. The number of likely N-dealkylation sites (tertiary alicyclic amines) is 1. The molecule has 1 aliphatic carbocycles. The number of ether oxygens (including phenoxy) is 1. The van der Waals surface area contributed by atoms with Crippen LogP contribution in [0.5, 0.6) is 0 Å². The van der Waals surface area contributed by atoms with Crippen LogP contribution in [-0.2, 0) is 20.9 Å². The van der Waals surface area contributed by atoms with Crippen molar-refractivity contribution < 1.29 is 27.5 Å². The number of halogens is 3. The third-order valence-electron chi connectivity index (χ3n) is 4.89. The van der Waals surface area contributed by atoms with E-state index in [-0.39, 0.29) is 25.3 Å². The zero-order chi connectivity index (χ0) is 17.4. The summed E-state index contributed by atoms with van der Waals surface area (Å²) in [6.45, 7) is 0.121. The second-order valence-electron chi connectivity index (χ2n) is 6.40. The van der Waals surface area contributed by atoms with E-state index in [2.05, 4.69) is 0 Å². The molecule has 1 aromatic carbocycles. The predicted molar refractivity (Wildman–Crippen MR) is 78.9 cm³/mol. The van der Waals surface area contributed by atoms with Gasteiger partial charge >= 0.3 is 12.1 Å². The van der Waals surface area contributed by atoms with Crippen LogP contribution in [0.25, 0.3) is 0 Å². The molecule has 0 radical (unpaired) electrons. The summed E-state index contributed by atoms with van der Waals surface area (Å²) in [6.07, 6.45) is -4.31. The van der Waals surface area contributed by atoms with Gasteiger partial charge in [-0.1, -0.05) is 30.3 Å². The molecule has 0 N–H and O–H groups in total. The number of ketones is 1. The number of hydrogen-bond acceptors (Lipinski definition) is 3. The second-order valence-corrected chi connectivity index (χ2v) is 6.40. The average Bonchev–Trinajstić information content (AvgIpc) is 2.58. The molecule has 1 amide bonds. The largest absolute Gasteiger partial charge is 0.471 e. The minimum atomic E-state index is -4.91. The van der Waals surface area contributed by atoms with Crippen molar-refractivity contribution in [2.45, 2.75) is 38.1 Å². The van der Waals surface area contributed by atoms with Gasteiger partial charge in [0.25, 0.3) is 0 Å². The van der Waals surface area contributed by atoms with Crippen LogP contribution in [0.15, 0.2) is 30.3 Å². The van der Waals surface area contributed by atoms with Gasteiger partial charge in [0.1, 0.15) is 5.78 Å². The molecule has 1 heterocycles. The maximum absolute atomic E-state index is 12.7. The Balaban J connectivity index is 1.68. The highest BCUT2D eigenvalue weighted by atomic mass is 19.4. The molecule has 0 bridgehead atoms. The summed E-state index contributed by atoms with van der Waals surface area (Å²) in [4.78, 5) is 24.4. The van der Waals surface area contributed by atoms with Crippen molar-refractivity contribution in [3.05, 3.63) is 35.9 Å². The van der Waals surface area contributed by atoms with Crippen molar-refractivity contribution in [2.24, 2.45) is 5.41 Å². The number of carbonyl (C=O) groups excluding carboxylic acids is 2. The van der Waals surface area contributed by atoms with Crippen LogP contribution in [0.1, 0.15) is 24.8 Å². The van der Waals surface area contributed by atoms with Gasteiger partial charge in [0.05, 0.1) is 18.1 Å². The van der Waals surface area contributed by atoms with Gasteiger partial charge in [-0.3, -0.25) is 9.59 Å². The molecule has 1 spiro atoms. The summed E-state index contributed by atoms with van der Waals surface area (Å²) in [5.41, 5.74) is -0.0421. The first-order valence-electron chi connectivity index (χ1n) is 7.88. The Morgan fingerprint density at radius 3 is 2.62 bits per heavy atom. The molecule has 4 nitrogen and oxygen atoms in total. The Kier molecular flexibility index (Phi) is 4.38. The van der Waals surface area contributed by atoms with Crippen LogP contribution in [-0.4, -0.2) is 42.0 Å². The highest BCUT2D eigenvalue weighted by Gasteiger charge is 2.59. The zero-order valence-corrected chi connectivity index (χ0v) is 13.0. The Labute approximate surface area is 137 Å². The third-order valence-corrected chi connectivity index (χ3v) is 4.89. The van der Waals surface area contributed by atoms with Crippen molar-refractivity contribution in [2.75, 3.05) is 13.1 Å². The van der Waals surface area contributed by atoms with E-state index in [1.807, 2.05) is 30.3 Å². The third kappa shape index (κ3) is 3.05. The Hall–Kier alpha value is -1.89. The Bertz CT molecular complexity index is 632. The predicted octanol–water partition coefficient (Wildman–Crippen LogP) is 2.72. The Morgan fingerprint density at radius 1 is 1.29 bits per heavy atom. The first kappa shape index (κ1) is 17.0. The standard InChI is InChI=1S/C17H18F3NO3/c18-17(19,20)15(23)21-8-4-7-16(11-21)13(22)9-14(16)24-10-12-5-2-1-3-6-12/h1-3,5-6,14H,4,7-11H2. The second kappa shape index (κ2) is 6.20. The molecule has 2 aliphatic rings. The fourth-order valence-electron chi connectivity index (χ4n) is 3.53. The average molecular weight is 341 g/mol. The summed E-state index contributed by atoms with van der Waals surface area (Å²) < 4.78 is 43.8. The Morgan fingerprint density at radius 2 is 2.00 bits per heavy atom. The monoisotopic (exact) mass is 341 g/mol. The lowest BCUT2D eigenvalue weighted by Gasteiger charge is -2.52. The minimum absolute atomic E-state index is 0.0266. The fraction of sp³-hybridized carbons (Fsp3) is 0.529. The summed E-state index contributed by atoms with van der Waals surface area (Å²) in [7, 11) is 0. The molecule has 2 fully saturated rings. The number of hydrogen-bond donors (Lipinski definition) is 0. The lowest BCUT2D eigenvalue weighted by Crippen LogP contribution is -2.64. The fourth-order valence-corrected chi connectivity index (χ4v) is 3.53. The molecule has 1 saturated carbocycles. The molecule has 130 valence electrons. The quantitative estimate of drug-likeness (QED) is 0.849.